The Morgan fingerprint density at radius 2 is 1.83 bits per heavy atom. The number of aliphatic hydroxyl groups excluding tert-OH is 2. The molecule has 1 atom stereocenters. The summed E-state index contributed by atoms with van der Waals surface area (Å²) in [4.78, 5) is 13.4. The lowest BCUT2D eigenvalue weighted by Gasteiger charge is -2.15. The summed E-state index contributed by atoms with van der Waals surface area (Å²) in [6.07, 6.45) is -0.157. The van der Waals surface area contributed by atoms with Gasteiger partial charge in [-0.2, -0.15) is 4.98 Å². The number of nitrogens with zero attached hydrogens (tertiary/aromatic N) is 4. The summed E-state index contributed by atoms with van der Waals surface area (Å²) in [6.45, 7) is 8.19. The predicted octanol–water partition coefficient (Wildman–Crippen LogP) is 2.54. The first-order chi connectivity index (χ1) is 14.4. The first kappa shape index (κ1) is 21.7. The summed E-state index contributed by atoms with van der Waals surface area (Å²) >= 11 is 0. The minimum Gasteiger partial charge on any atom is -0.490 e. The fraction of sp³-hybridized carbons (Fsp3) is 0.429. The van der Waals surface area contributed by atoms with Gasteiger partial charge in [-0.25, -0.2) is 9.97 Å². The van der Waals surface area contributed by atoms with E-state index in [1.54, 1.807) is 0 Å². The van der Waals surface area contributed by atoms with Crippen molar-refractivity contribution < 1.29 is 19.5 Å². The van der Waals surface area contributed by atoms with Crippen LogP contribution in [0.3, 0.4) is 0 Å². The summed E-state index contributed by atoms with van der Waals surface area (Å²) in [5.41, 5.74) is 3.97. The molecule has 0 bridgehead atoms. The second-order valence-corrected chi connectivity index (χ2v) is 6.96. The average Bonchev–Trinajstić information content (AvgIpc) is 3.23. The summed E-state index contributed by atoms with van der Waals surface area (Å²) in [5.74, 6) is 1.96. The van der Waals surface area contributed by atoms with E-state index in [4.69, 9.17) is 14.4 Å². The summed E-state index contributed by atoms with van der Waals surface area (Å²) in [5, 5.41) is 25.7. The minimum atomic E-state index is -0.920. The Labute approximate surface area is 175 Å². The van der Waals surface area contributed by atoms with E-state index in [-0.39, 0.29) is 13.2 Å². The van der Waals surface area contributed by atoms with Gasteiger partial charge in [0, 0.05) is 17.8 Å². The largest absolute Gasteiger partial charge is 0.490 e. The number of anilines is 1. The molecule has 0 aliphatic rings. The number of aliphatic hydroxyl groups is 2. The van der Waals surface area contributed by atoms with Crippen molar-refractivity contribution >= 4 is 5.95 Å². The molecule has 0 fully saturated rings. The van der Waals surface area contributed by atoms with Crippen LogP contribution in [0.2, 0.25) is 0 Å². The number of aryl methyl sites for hydroxylation is 3. The maximum atomic E-state index is 9.51. The average molecular weight is 413 g/mol. The van der Waals surface area contributed by atoms with E-state index >= 15 is 0 Å². The van der Waals surface area contributed by atoms with E-state index in [2.05, 4.69) is 25.4 Å². The molecular weight excluding hydrogens is 386 g/mol. The van der Waals surface area contributed by atoms with Crippen molar-refractivity contribution in [2.24, 2.45) is 0 Å². The molecule has 3 N–H and O–H groups in total. The molecule has 9 nitrogen and oxygen atoms in total. The Kier molecular flexibility index (Phi) is 6.96. The SMILES string of the molecule is CCNc1nc(CC)cc(-c2nc(-c3cc(C)c(OCC(O)CO)c(C)c3)no2)n1. The molecule has 1 aromatic carbocycles. The highest BCUT2D eigenvalue weighted by atomic mass is 16.5. The maximum Gasteiger partial charge on any atom is 0.277 e. The molecule has 0 saturated carbocycles. The Bertz CT molecular complexity index is 982. The van der Waals surface area contributed by atoms with Crippen molar-refractivity contribution in [1.29, 1.82) is 0 Å². The third kappa shape index (κ3) is 4.92. The molecule has 3 aromatic rings. The van der Waals surface area contributed by atoms with Crippen LogP contribution in [0.25, 0.3) is 23.0 Å². The second kappa shape index (κ2) is 9.64. The van der Waals surface area contributed by atoms with Crippen molar-refractivity contribution in [3.05, 3.63) is 35.0 Å². The van der Waals surface area contributed by atoms with Crippen LogP contribution in [0.5, 0.6) is 5.75 Å². The van der Waals surface area contributed by atoms with Gasteiger partial charge < -0.3 is 24.8 Å². The van der Waals surface area contributed by atoms with Crippen molar-refractivity contribution in [2.75, 3.05) is 25.1 Å². The van der Waals surface area contributed by atoms with E-state index in [0.717, 1.165) is 28.8 Å². The Hall–Kier alpha value is -3.04. The van der Waals surface area contributed by atoms with Crippen molar-refractivity contribution in [3.63, 3.8) is 0 Å². The number of rotatable bonds is 9. The highest BCUT2D eigenvalue weighted by Gasteiger charge is 2.17. The fourth-order valence-corrected chi connectivity index (χ4v) is 3.01. The molecule has 9 heteroatoms. The van der Waals surface area contributed by atoms with Gasteiger partial charge in [0.1, 0.15) is 24.2 Å². The van der Waals surface area contributed by atoms with Crippen LogP contribution in [0.15, 0.2) is 22.7 Å². The molecule has 0 saturated heterocycles. The number of hydrogen-bond acceptors (Lipinski definition) is 9. The molecule has 2 heterocycles. The molecule has 2 aromatic heterocycles. The highest BCUT2D eigenvalue weighted by molar-refractivity contribution is 5.63. The molecule has 1 unspecified atom stereocenters. The summed E-state index contributed by atoms with van der Waals surface area (Å²) in [7, 11) is 0. The predicted molar refractivity (Wildman–Crippen MR) is 112 cm³/mol. The van der Waals surface area contributed by atoms with Gasteiger partial charge in [0.05, 0.1) is 6.61 Å². The Morgan fingerprint density at radius 1 is 1.10 bits per heavy atom. The third-order valence-electron chi connectivity index (χ3n) is 4.47. The molecular formula is C21H27N5O4. The molecule has 30 heavy (non-hydrogen) atoms. The number of aromatic nitrogens is 4. The Morgan fingerprint density at radius 3 is 2.47 bits per heavy atom. The quantitative estimate of drug-likeness (QED) is 0.485. The van der Waals surface area contributed by atoms with Gasteiger partial charge in [0.2, 0.25) is 11.8 Å². The normalized spacial score (nSPS) is 12.1. The van der Waals surface area contributed by atoms with Gasteiger partial charge in [-0.05, 0) is 56.5 Å². The van der Waals surface area contributed by atoms with E-state index in [9.17, 15) is 5.11 Å². The molecule has 160 valence electrons. The maximum absolute atomic E-state index is 9.51. The standard InChI is InChI=1S/C21H27N5O4/c1-5-15-9-17(24-21(23-15)22-6-2)20-25-19(26-30-20)14-7-12(3)18(13(4)8-14)29-11-16(28)10-27/h7-9,16,27-28H,5-6,10-11H2,1-4H3,(H,22,23,24). The number of nitrogens with one attached hydrogen (secondary N) is 1. The molecule has 3 rings (SSSR count). The molecule has 0 amide bonds. The van der Waals surface area contributed by atoms with Gasteiger partial charge >= 0.3 is 0 Å². The zero-order valence-electron chi connectivity index (χ0n) is 17.6. The van der Waals surface area contributed by atoms with Gasteiger partial charge in [0.15, 0.2) is 0 Å². The van der Waals surface area contributed by atoms with Crippen molar-refractivity contribution in [2.45, 2.75) is 40.2 Å². The van der Waals surface area contributed by atoms with E-state index in [1.807, 2.05) is 45.9 Å². The molecule has 0 aliphatic carbocycles. The lowest BCUT2D eigenvalue weighted by atomic mass is 10.1. The number of benzene rings is 1. The topological polar surface area (TPSA) is 126 Å². The fourth-order valence-electron chi connectivity index (χ4n) is 3.01. The van der Waals surface area contributed by atoms with Gasteiger partial charge in [-0.15, -0.1) is 0 Å². The van der Waals surface area contributed by atoms with Gasteiger partial charge in [-0.1, -0.05) is 12.1 Å². The first-order valence-corrected chi connectivity index (χ1v) is 9.94. The van der Waals surface area contributed by atoms with Crippen LogP contribution < -0.4 is 10.1 Å². The van der Waals surface area contributed by atoms with Crippen molar-refractivity contribution in [3.8, 4) is 28.7 Å². The molecule has 0 spiro atoms. The number of hydrogen-bond donors (Lipinski definition) is 3. The highest BCUT2D eigenvalue weighted by Crippen LogP contribution is 2.30. The van der Waals surface area contributed by atoms with E-state index in [1.165, 1.54) is 0 Å². The zero-order valence-corrected chi connectivity index (χ0v) is 17.6. The number of ether oxygens (including phenoxy) is 1. The third-order valence-corrected chi connectivity index (χ3v) is 4.47. The Balaban J connectivity index is 1.88. The van der Waals surface area contributed by atoms with Gasteiger partial charge in [-0.3, -0.25) is 0 Å². The second-order valence-electron chi connectivity index (χ2n) is 6.96. The smallest absolute Gasteiger partial charge is 0.277 e. The summed E-state index contributed by atoms with van der Waals surface area (Å²) < 4.78 is 11.1. The van der Waals surface area contributed by atoms with Crippen LogP contribution in [0.1, 0.15) is 30.7 Å². The summed E-state index contributed by atoms with van der Waals surface area (Å²) in [6, 6.07) is 5.63. The zero-order chi connectivity index (χ0) is 21.7. The van der Waals surface area contributed by atoms with E-state index in [0.29, 0.717) is 35.7 Å². The molecule has 0 aliphatic heterocycles. The lowest BCUT2D eigenvalue weighted by molar-refractivity contribution is 0.0532. The lowest BCUT2D eigenvalue weighted by Crippen LogP contribution is -2.21. The molecule has 0 radical (unpaired) electrons. The van der Waals surface area contributed by atoms with Crippen LogP contribution in [-0.2, 0) is 6.42 Å². The van der Waals surface area contributed by atoms with Gasteiger partial charge in [0.25, 0.3) is 5.89 Å². The minimum absolute atomic E-state index is 0.0193. The van der Waals surface area contributed by atoms with Crippen LogP contribution in [-0.4, -0.2) is 56.2 Å². The van der Waals surface area contributed by atoms with Crippen LogP contribution in [0.4, 0.5) is 5.95 Å². The first-order valence-electron chi connectivity index (χ1n) is 9.94. The van der Waals surface area contributed by atoms with Crippen molar-refractivity contribution in [1.82, 2.24) is 20.1 Å². The monoisotopic (exact) mass is 413 g/mol. The van der Waals surface area contributed by atoms with E-state index < -0.39 is 6.10 Å². The van der Waals surface area contributed by atoms with Crippen LogP contribution >= 0.6 is 0 Å². The van der Waals surface area contributed by atoms with Crippen LogP contribution in [0, 0.1) is 13.8 Å².